The first-order valence-corrected chi connectivity index (χ1v) is 12.7. The molecule has 1 aromatic carbocycles. The van der Waals surface area contributed by atoms with Gasteiger partial charge in [0.15, 0.2) is 0 Å². The van der Waals surface area contributed by atoms with E-state index in [1.807, 2.05) is 9.80 Å². The van der Waals surface area contributed by atoms with Crippen LogP contribution in [0.3, 0.4) is 0 Å². The average molecular weight is 521 g/mol. The molecule has 0 N–H and O–H groups in total. The molecule has 2 saturated heterocycles. The van der Waals surface area contributed by atoms with Gasteiger partial charge in [-0.25, -0.2) is 0 Å². The third-order valence-electron chi connectivity index (χ3n) is 8.11. The van der Waals surface area contributed by atoms with Crippen LogP contribution in [0.25, 0.3) is 0 Å². The second-order valence-electron chi connectivity index (χ2n) is 10.8. The van der Waals surface area contributed by atoms with Crippen molar-refractivity contribution in [2.75, 3.05) is 13.2 Å². The summed E-state index contributed by atoms with van der Waals surface area (Å²) in [5, 5.41) is 0. The quantitative estimate of drug-likeness (QED) is 0.391. The standard InChI is InChI=1S/C26H34F6N2O2/c1-17(2)22-16-36-24-12-10-21(14-20(24)8-9-23(35)34(22)24)33(13-3-11-25(27,28)29)15-18-4-6-19(7-5-18)26(30,31)32/h4-7,17,20-22H,3,8-16H2,1-2H3/t20-,21+,22-,24-/m1/s1. The van der Waals surface area contributed by atoms with Crippen molar-refractivity contribution in [2.24, 2.45) is 11.8 Å². The fourth-order valence-corrected chi connectivity index (χ4v) is 6.26. The normalized spacial score (nSPS) is 29.1. The molecule has 3 fully saturated rings. The van der Waals surface area contributed by atoms with E-state index in [2.05, 4.69) is 13.8 Å². The number of carbonyl (C=O) groups is 1. The molecule has 10 heteroatoms. The predicted molar refractivity (Wildman–Crippen MR) is 122 cm³/mol. The maximum absolute atomic E-state index is 13.0. The van der Waals surface area contributed by atoms with E-state index in [0.717, 1.165) is 12.1 Å². The number of piperidine rings is 1. The van der Waals surface area contributed by atoms with Gasteiger partial charge in [-0.05, 0) is 62.3 Å². The molecular formula is C26H34F6N2O2. The van der Waals surface area contributed by atoms with Crippen LogP contribution in [-0.4, -0.2) is 52.8 Å². The molecule has 1 spiro atoms. The Hall–Kier alpha value is -1.81. The van der Waals surface area contributed by atoms with E-state index in [-0.39, 0.29) is 49.3 Å². The van der Waals surface area contributed by atoms with Crippen LogP contribution >= 0.6 is 0 Å². The highest BCUT2D eigenvalue weighted by Crippen LogP contribution is 2.51. The van der Waals surface area contributed by atoms with Gasteiger partial charge in [-0.2, -0.15) is 26.3 Å². The van der Waals surface area contributed by atoms with Crippen LogP contribution in [0, 0.1) is 11.8 Å². The molecule has 0 radical (unpaired) electrons. The third kappa shape index (κ3) is 5.69. The van der Waals surface area contributed by atoms with Gasteiger partial charge in [0.1, 0.15) is 5.72 Å². The van der Waals surface area contributed by atoms with Crippen LogP contribution in [-0.2, 0) is 22.3 Å². The minimum absolute atomic E-state index is 0.0203. The van der Waals surface area contributed by atoms with Crippen LogP contribution < -0.4 is 0 Å². The van der Waals surface area contributed by atoms with Gasteiger partial charge in [0.2, 0.25) is 5.91 Å². The van der Waals surface area contributed by atoms with Gasteiger partial charge in [0, 0.05) is 31.3 Å². The molecule has 2 heterocycles. The predicted octanol–water partition coefficient (Wildman–Crippen LogP) is 6.39. The monoisotopic (exact) mass is 520 g/mol. The average Bonchev–Trinajstić information content (AvgIpc) is 3.18. The van der Waals surface area contributed by atoms with Gasteiger partial charge in [-0.3, -0.25) is 9.69 Å². The summed E-state index contributed by atoms with van der Waals surface area (Å²) in [6, 6.07) is 4.82. The topological polar surface area (TPSA) is 32.8 Å². The number of carbonyl (C=O) groups excluding carboxylic acids is 1. The number of amides is 1. The molecule has 1 aromatic rings. The van der Waals surface area contributed by atoms with Crippen molar-refractivity contribution in [1.29, 1.82) is 0 Å². The lowest BCUT2D eigenvalue weighted by Crippen LogP contribution is -2.63. The Balaban J connectivity index is 1.51. The molecule has 4 nitrogen and oxygen atoms in total. The highest BCUT2D eigenvalue weighted by atomic mass is 19.4. The molecule has 1 amide bonds. The van der Waals surface area contributed by atoms with Crippen LogP contribution in [0.4, 0.5) is 26.3 Å². The molecule has 1 saturated carbocycles. The molecular weight excluding hydrogens is 486 g/mol. The van der Waals surface area contributed by atoms with E-state index >= 15 is 0 Å². The summed E-state index contributed by atoms with van der Waals surface area (Å²) in [6.07, 6.45) is -6.64. The lowest BCUT2D eigenvalue weighted by Gasteiger charge is -2.53. The second-order valence-corrected chi connectivity index (χ2v) is 10.8. The Kier molecular flexibility index (Phi) is 7.68. The third-order valence-corrected chi connectivity index (χ3v) is 8.11. The summed E-state index contributed by atoms with van der Waals surface area (Å²) in [4.78, 5) is 16.8. The fourth-order valence-electron chi connectivity index (χ4n) is 6.26. The Morgan fingerprint density at radius 1 is 1.11 bits per heavy atom. The number of alkyl halides is 6. The largest absolute Gasteiger partial charge is 0.416 e. The zero-order valence-electron chi connectivity index (χ0n) is 20.7. The molecule has 0 unspecified atom stereocenters. The van der Waals surface area contributed by atoms with Gasteiger partial charge in [0.05, 0.1) is 18.2 Å². The summed E-state index contributed by atoms with van der Waals surface area (Å²) < 4.78 is 83.8. The van der Waals surface area contributed by atoms with Gasteiger partial charge in [-0.1, -0.05) is 26.0 Å². The molecule has 4 rings (SSSR count). The highest BCUT2D eigenvalue weighted by molar-refractivity contribution is 5.78. The van der Waals surface area contributed by atoms with E-state index in [1.54, 1.807) is 0 Å². The maximum Gasteiger partial charge on any atom is 0.416 e. The molecule has 202 valence electrons. The number of hydrogen-bond donors (Lipinski definition) is 0. The number of nitrogens with zero attached hydrogens (tertiary/aromatic N) is 2. The van der Waals surface area contributed by atoms with Crippen molar-refractivity contribution < 1.29 is 35.9 Å². The zero-order chi connectivity index (χ0) is 26.3. The van der Waals surface area contributed by atoms with Crippen LogP contribution in [0.1, 0.15) is 69.9 Å². The zero-order valence-corrected chi connectivity index (χ0v) is 20.7. The summed E-state index contributed by atoms with van der Waals surface area (Å²) in [7, 11) is 0. The van der Waals surface area contributed by atoms with Gasteiger partial charge >= 0.3 is 12.4 Å². The first-order valence-electron chi connectivity index (χ1n) is 12.7. The van der Waals surface area contributed by atoms with Crippen molar-refractivity contribution in [3.05, 3.63) is 35.4 Å². The molecule has 0 bridgehead atoms. The van der Waals surface area contributed by atoms with Gasteiger partial charge < -0.3 is 9.64 Å². The first-order chi connectivity index (χ1) is 16.8. The summed E-state index contributed by atoms with van der Waals surface area (Å²) in [6.45, 7) is 5.11. The van der Waals surface area contributed by atoms with Crippen LogP contribution in [0.5, 0.6) is 0 Å². The van der Waals surface area contributed by atoms with E-state index in [0.29, 0.717) is 44.3 Å². The van der Waals surface area contributed by atoms with E-state index in [1.165, 1.54) is 12.1 Å². The minimum Gasteiger partial charge on any atom is -0.353 e. The van der Waals surface area contributed by atoms with Crippen molar-refractivity contribution >= 4 is 5.91 Å². The molecule has 1 aliphatic carbocycles. The smallest absolute Gasteiger partial charge is 0.353 e. The maximum atomic E-state index is 13.0. The van der Waals surface area contributed by atoms with Crippen molar-refractivity contribution in [3.8, 4) is 0 Å². The number of rotatable bonds is 7. The number of halogens is 6. The van der Waals surface area contributed by atoms with Crippen LogP contribution in [0.15, 0.2) is 24.3 Å². The molecule has 2 aliphatic heterocycles. The first kappa shape index (κ1) is 27.2. The molecule has 0 aromatic heterocycles. The van der Waals surface area contributed by atoms with Crippen molar-refractivity contribution in [1.82, 2.24) is 9.80 Å². The Bertz CT molecular complexity index is 916. The molecule has 3 aliphatic rings. The molecule has 36 heavy (non-hydrogen) atoms. The van der Waals surface area contributed by atoms with E-state index in [9.17, 15) is 31.1 Å². The lowest BCUT2D eigenvalue weighted by molar-refractivity contribution is -0.192. The highest BCUT2D eigenvalue weighted by Gasteiger charge is 2.59. The number of benzene rings is 1. The van der Waals surface area contributed by atoms with Crippen molar-refractivity contribution in [2.45, 2.75) is 95.5 Å². The number of ether oxygens (including phenoxy) is 1. The van der Waals surface area contributed by atoms with E-state index in [4.69, 9.17) is 4.74 Å². The minimum atomic E-state index is -4.44. The van der Waals surface area contributed by atoms with Crippen LogP contribution in [0.2, 0.25) is 0 Å². The Morgan fingerprint density at radius 2 is 1.81 bits per heavy atom. The summed E-state index contributed by atoms with van der Waals surface area (Å²) in [5.41, 5.74) is -0.764. The van der Waals surface area contributed by atoms with Crippen molar-refractivity contribution in [3.63, 3.8) is 0 Å². The summed E-state index contributed by atoms with van der Waals surface area (Å²) >= 11 is 0. The number of hydrogen-bond acceptors (Lipinski definition) is 3. The van der Waals surface area contributed by atoms with Gasteiger partial charge in [0.25, 0.3) is 0 Å². The molecule has 4 atom stereocenters. The SMILES string of the molecule is CC(C)[C@H]1CO[C@]23CC[C@H](N(CCCC(F)(F)F)Cc4ccc(C(F)(F)F)cc4)C[C@H]2CCC(=O)N13. The summed E-state index contributed by atoms with van der Waals surface area (Å²) in [5.74, 6) is 0.437. The second kappa shape index (κ2) is 10.2. The van der Waals surface area contributed by atoms with Gasteiger partial charge in [-0.15, -0.1) is 0 Å². The Morgan fingerprint density at radius 3 is 2.42 bits per heavy atom. The van der Waals surface area contributed by atoms with E-state index < -0.39 is 30.1 Å². The lowest BCUT2D eigenvalue weighted by atomic mass is 9.72. The fraction of sp³-hybridized carbons (Fsp3) is 0.731. The Labute approximate surface area is 208 Å².